The Morgan fingerprint density at radius 3 is 2.40 bits per heavy atom. The molecule has 0 saturated carbocycles. The van der Waals surface area contributed by atoms with Crippen molar-refractivity contribution in [3.8, 4) is 0 Å². The highest BCUT2D eigenvalue weighted by Gasteiger charge is 2.14. The molecule has 1 unspecified atom stereocenters. The standard InChI is InChI=1S/C17H25N3/c1-5-16(18)10-17-13(3)19-20(14(17)4)11-15-8-6-12(2)7-9-15/h6-9,16H,5,10-11,18H2,1-4H3. The highest BCUT2D eigenvalue weighted by Crippen LogP contribution is 2.17. The number of rotatable bonds is 5. The molecular weight excluding hydrogens is 246 g/mol. The number of aryl methyl sites for hydroxylation is 2. The number of hydrogen-bond acceptors (Lipinski definition) is 2. The smallest absolute Gasteiger partial charge is 0.0662 e. The molecule has 0 radical (unpaired) electrons. The Hall–Kier alpha value is -1.61. The molecule has 1 atom stereocenters. The third kappa shape index (κ3) is 3.28. The molecule has 1 aromatic carbocycles. The fourth-order valence-corrected chi connectivity index (χ4v) is 2.46. The van der Waals surface area contributed by atoms with Gasteiger partial charge in [0.05, 0.1) is 12.2 Å². The van der Waals surface area contributed by atoms with Crippen LogP contribution in [0.5, 0.6) is 0 Å². The van der Waals surface area contributed by atoms with Gasteiger partial charge >= 0.3 is 0 Å². The van der Waals surface area contributed by atoms with Crippen LogP contribution in [0.25, 0.3) is 0 Å². The Bertz CT molecular complexity index is 567. The van der Waals surface area contributed by atoms with E-state index < -0.39 is 0 Å². The van der Waals surface area contributed by atoms with E-state index in [4.69, 9.17) is 5.73 Å². The summed E-state index contributed by atoms with van der Waals surface area (Å²) in [7, 11) is 0. The molecule has 0 saturated heterocycles. The van der Waals surface area contributed by atoms with Gasteiger partial charge < -0.3 is 5.73 Å². The summed E-state index contributed by atoms with van der Waals surface area (Å²) in [5.74, 6) is 0. The van der Waals surface area contributed by atoms with E-state index in [9.17, 15) is 0 Å². The predicted molar refractivity (Wildman–Crippen MR) is 84.0 cm³/mol. The van der Waals surface area contributed by atoms with E-state index in [1.807, 2.05) is 0 Å². The zero-order valence-electron chi connectivity index (χ0n) is 13.0. The lowest BCUT2D eigenvalue weighted by atomic mass is 10.0. The van der Waals surface area contributed by atoms with Crippen molar-refractivity contribution in [2.24, 2.45) is 5.73 Å². The molecule has 0 aliphatic heterocycles. The van der Waals surface area contributed by atoms with Gasteiger partial charge in [0.1, 0.15) is 0 Å². The maximum Gasteiger partial charge on any atom is 0.0662 e. The molecule has 20 heavy (non-hydrogen) atoms. The van der Waals surface area contributed by atoms with Crippen LogP contribution in [0.1, 0.15) is 41.4 Å². The summed E-state index contributed by atoms with van der Waals surface area (Å²) in [5.41, 5.74) is 12.3. The fourth-order valence-electron chi connectivity index (χ4n) is 2.46. The van der Waals surface area contributed by atoms with Crippen molar-refractivity contribution < 1.29 is 0 Å². The van der Waals surface area contributed by atoms with Crippen LogP contribution in [0.2, 0.25) is 0 Å². The zero-order chi connectivity index (χ0) is 14.7. The summed E-state index contributed by atoms with van der Waals surface area (Å²) in [4.78, 5) is 0. The lowest BCUT2D eigenvalue weighted by molar-refractivity contribution is 0.636. The Balaban J connectivity index is 2.21. The first kappa shape index (κ1) is 14.8. The van der Waals surface area contributed by atoms with Crippen molar-refractivity contribution in [1.29, 1.82) is 0 Å². The first-order valence-electron chi connectivity index (χ1n) is 7.35. The number of nitrogens with zero attached hydrogens (tertiary/aromatic N) is 2. The molecule has 2 rings (SSSR count). The van der Waals surface area contributed by atoms with Gasteiger partial charge in [-0.1, -0.05) is 36.8 Å². The number of nitrogens with two attached hydrogens (primary N) is 1. The van der Waals surface area contributed by atoms with Gasteiger partial charge in [0.25, 0.3) is 0 Å². The predicted octanol–water partition coefficient (Wildman–Crippen LogP) is 3.14. The Labute approximate surface area is 121 Å². The van der Waals surface area contributed by atoms with Gasteiger partial charge in [0, 0.05) is 11.7 Å². The second kappa shape index (κ2) is 6.23. The molecule has 1 aromatic heterocycles. The summed E-state index contributed by atoms with van der Waals surface area (Å²) in [6.45, 7) is 9.29. The minimum absolute atomic E-state index is 0.226. The van der Waals surface area contributed by atoms with Crippen LogP contribution in [0, 0.1) is 20.8 Å². The lowest BCUT2D eigenvalue weighted by Gasteiger charge is -2.09. The van der Waals surface area contributed by atoms with Crippen molar-refractivity contribution >= 4 is 0 Å². The van der Waals surface area contributed by atoms with Crippen LogP contribution < -0.4 is 5.73 Å². The normalized spacial score (nSPS) is 12.7. The van der Waals surface area contributed by atoms with Crippen molar-refractivity contribution in [1.82, 2.24) is 9.78 Å². The molecule has 0 aliphatic rings. The van der Waals surface area contributed by atoms with Crippen molar-refractivity contribution in [2.75, 3.05) is 0 Å². The average molecular weight is 271 g/mol. The highest BCUT2D eigenvalue weighted by molar-refractivity contribution is 5.27. The van der Waals surface area contributed by atoms with E-state index in [2.05, 4.69) is 61.7 Å². The second-order valence-corrected chi connectivity index (χ2v) is 5.67. The van der Waals surface area contributed by atoms with Crippen molar-refractivity contribution in [3.05, 3.63) is 52.3 Å². The molecule has 3 nitrogen and oxygen atoms in total. The maximum absolute atomic E-state index is 6.08. The molecule has 3 heteroatoms. The van der Waals surface area contributed by atoms with E-state index in [0.717, 1.165) is 25.1 Å². The van der Waals surface area contributed by atoms with Gasteiger partial charge in [-0.25, -0.2) is 0 Å². The second-order valence-electron chi connectivity index (χ2n) is 5.67. The van der Waals surface area contributed by atoms with Gasteiger partial charge in [-0.05, 0) is 44.7 Å². The minimum atomic E-state index is 0.226. The highest BCUT2D eigenvalue weighted by atomic mass is 15.3. The lowest BCUT2D eigenvalue weighted by Crippen LogP contribution is -2.22. The van der Waals surface area contributed by atoms with E-state index in [0.29, 0.717) is 0 Å². The minimum Gasteiger partial charge on any atom is -0.327 e. The molecule has 0 amide bonds. The molecule has 2 N–H and O–H groups in total. The zero-order valence-corrected chi connectivity index (χ0v) is 13.0. The summed E-state index contributed by atoms with van der Waals surface area (Å²) in [6, 6.07) is 8.86. The summed E-state index contributed by atoms with van der Waals surface area (Å²) >= 11 is 0. The largest absolute Gasteiger partial charge is 0.327 e. The quantitative estimate of drug-likeness (QED) is 0.908. The van der Waals surface area contributed by atoms with Gasteiger partial charge in [-0.15, -0.1) is 0 Å². The van der Waals surface area contributed by atoms with Crippen molar-refractivity contribution in [3.63, 3.8) is 0 Å². The fraction of sp³-hybridized carbons (Fsp3) is 0.471. The molecule has 108 valence electrons. The van der Waals surface area contributed by atoms with Gasteiger partial charge in [0.2, 0.25) is 0 Å². The van der Waals surface area contributed by atoms with Gasteiger partial charge in [-0.3, -0.25) is 4.68 Å². The number of hydrogen-bond donors (Lipinski definition) is 1. The van der Waals surface area contributed by atoms with Crippen LogP contribution in [-0.4, -0.2) is 15.8 Å². The third-order valence-electron chi connectivity index (χ3n) is 3.97. The summed E-state index contributed by atoms with van der Waals surface area (Å²) < 4.78 is 2.09. The summed E-state index contributed by atoms with van der Waals surface area (Å²) in [6.07, 6.45) is 1.92. The summed E-state index contributed by atoms with van der Waals surface area (Å²) in [5, 5.41) is 4.68. The van der Waals surface area contributed by atoms with Gasteiger partial charge in [0.15, 0.2) is 0 Å². The third-order valence-corrected chi connectivity index (χ3v) is 3.97. The van der Waals surface area contributed by atoms with E-state index >= 15 is 0 Å². The van der Waals surface area contributed by atoms with Gasteiger partial charge in [-0.2, -0.15) is 5.10 Å². The maximum atomic E-state index is 6.08. The first-order valence-corrected chi connectivity index (χ1v) is 7.35. The SMILES string of the molecule is CCC(N)Cc1c(C)nn(Cc2ccc(C)cc2)c1C. The molecule has 0 fully saturated rings. The van der Waals surface area contributed by atoms with E-state index in [1.165, 1.54) is 22.4 Å². The molecule has 0 spiro atoms. The Morgan fingerprint density at radius 2 is 1.80 bits per heavy atom. The van der Waals surface area contributed by atoms with Crippen LogP contribution in [0.15, 0.2) is 24.3 Å². The van der Waals surface area contributed by atoms with Crippen LogP contribution >= 0.6 is 0 Å². The number of benzene rings is 1. The molecular formula is C17H25N3. The molecule has 0 aliphatic carbocycles. The molecule has 1 heterocycles. The van der Waals surface area contributed by atoms with Crippen LogP contribution in [-0.2, 0) is 13.0 Å². The van der Waals surface area contributed by atoms with Crippen molar-refractivity contribution in [2.45, 2.75) is 53.1 Å². The topological polar surface area (TPSA) is 43.8 Å². The Kier molecular flexibility index (Phi) is 4.61. The van der Waals surface area contributed by atoms with Crippen LogP contribution in [0.3, 0.4) is 0 Å². The van der Waals surface area contributed by atoms with E-state index in [-0.39, 0.29) is 6.04 Å². The monoisotopic (exact) mass is 271 g/mol. The van der Waals surface area contributed by atoms with Crippen LogP contribution in [0.4, 0.5) is 0 Å². The molecule has 0 bridgehead atoms. The first-order chi connectivity index (χ1) is 9.51. The Morgan fingerprint density at radius 1 is 1.15 bits per heavy atom. The van der Waals surface area contributed by atoms with E-state index in [1.54, 1.807) is 0 Å². The average Bonchev–Trinajstić information content (AvgIpc) is 2.69. The number of aromatic nitrogens is 2. The molecule has 2 aromatic rings.